The Morgan fingerprint density at radius 1 is 0.929 bits per heavy atom. The van der Waals surface area contributed by atoms with Crippen molar-refractivity contribution in [3.63, 3.8) is 0 Å². The van der Waals surface area contributed by atoms with Crippen LogP contribution in [0, 0.1) is 11.8 Å². The minimum atomic E-state index is -4.52. The summed E-state index contributed by atoms with van der Waals surface area (Å²) in [5.41, 5.74) is -0.539. The first-order chi connectivity index (χ1) is 20.1. The Bertz CT molecular complexity index is 1330. The first-order valence-electron chi connectivity index (χ1n) is 13.9. The first kappa shape index (κ1) is 30.3. The second-order valence-corrected chi connectivity index (χ2v) is 19.6. The van der Waals surface area contributed by atoms with Crippen LogP contribution in [0.5, 0.6) is 0 Å². The summed E-state index contributed by atoms with van der Waals surface area (Å²) in [5.74, 6) is -2.90. The van der Waals surface area contributed by atoms with E-state index in [2.05, 4.69) is 22.1 Å². The average Bonchev–Trinajstić information content (AvgIpc) is 3.61. The number of likely N-dealkylation sites (tertiary alicyclic amines) is 2. The van der Waals surface area contributed by atoms with Gasteiger partial charge in [0.1, 0.15) is 0 Å². The van der Waals surface area contributed by atoms with Gasteiger partial charge in [0.05, 0.1) is 0 Å². The van der Waals surface area contributed by atoms with Crippen molar-refractivity contribution >= 4 is 48.7 Å². The van der Waals surface area contributed by atoms with E-state index in [1.807, 2.05) is 91.0 Å². The van der Waals surface area contributed by atoms with Crippen molar-refractivity contribution in [3.8, 4) is 0 Å². The molecule has 2 unspecified atom stereocenters. The van der Waals surface area contributed by atoms with E-state index in [9.17, 15) is 22.8 Å². The van der Waals surface area contributed by atoms with Gasteiger partial charge in [-0.15, -0.1) is 0 Å². The van der Waals surface area contributed by atoms with Gasteiger partial charge in [0.2, 0.25) is 0 Å². The van der Waals surface area contributed by atoms with E-state index in [0.29, 0.717) is 13.0 Å². The third-order valence-corrected chi connectivity index (χ3v) is 19.3. The van der Waals surface area contributed by atoms with Crippen molar-refractivity contribution in [1.29, 1.82) is 0 Å². The molecule has 0 bridgehead atoms. The van der Waals surface area contributed by atoms with Crippen LogP contribution in [0.25, 0.3) is 0 Å². The Morgan fingerprint density at radius 3 is 1.88 bits per heavy atom. The maximum absolute atomic E-state index is 14.5. The fraction of sp³-hybridized carbons (Fsp3) is 0.312. The van der Waals surface area contributed by atoms with Crippen LogP contribution in [0.4, 0.5) is 18.0 Å². The van der Waals surface area contributed by atoms with Crippen molar-refractivity contribution < 1.29 is 27.5 Å². The number of halogens is 4. The Balaban J connectivity index is 1.54. The number of benzene rings is 3. The summed E-state index contributed by atoms with van der Waals surface area (Å²) in [5, 5.41) is -0.742. The normalized spacial score (nSPS) is 22.0. The number of amides is 2. The molecule has 3 aromatic carbocycles. The SMILES string of the molecule is C=CCOC(=O)N1CC(CN2CC[C@H](P(Br)(c3ccccc3)(c3ccccc3)c3ccccc3)C2=O)C(C(F)(F)F)C1. The minimum absolute atomic E-state index is 0.0835. The Kier molecular flexibility index (Phi) is 8.55. The van der Waals surface area contributed by atoms with E-state index in [1.165, 1.54) is 6.08 Å². The number of carbonyl (C=O) groups is 2. The van der Waals surface area contributed by atoms with Crippen LogP contribution in [0.1, 0.15) is 6.42 Å². The summed E-state index contributed by atoms with van der Waals surface area (Å²) in [4.78, 5) is 29.6. The number of hydrogen-bond acceptors (Lipinski definition) is 3. The van der Waals surface area contributed by atoms with Crippen LogP contribution in [0.2, 0.25) is 0 Å². The Labute approximate surface area is 252 Å². The molecule has 2 amide bonds. The van der Waals surface area contributed by atoms with Gasteiger partial charge in [0.25, 0.3) is 0 Å². The molecule has 5 rings (SSSR count). The third kappa shape index (κ3) is 5.15. The van der Waals surface area contributed by atoms with E-state index < -0.39 is 41.6 Å². The molecule has 42 heavy (non-hydrogen) atoms. The zero-order valence-electron chi connectivity index (χ0n) is 23.0. The molecule has 0 spiro atoms. The van der Waals surface area contributed by atoms with Crippen LogP contribution in [0.15, 0.2) is 104 Å². The van der Waals surface area contributed by atoms with Gasteiger partial charge in [-0.3, -0.25) is 0 Å². The van der Waals surface area contributed by atoms with Gasteiger partial charge in [0, 0.05) is 0 Å². The third-order valence-electron chi connectivity index (χ3n) is 8.54. The fourth-order valence-corrected chi connectivity index (χ4v) is 15.3. The number of hydrogen-bond donors (Lipinski definition) is 0. The van der Waals surface area contributed by atoms with Crippen LogP contribution in [-0.2, 0) is 9.53 Å². The molecule has 2 aliphatic heterocycles. The Morgan fingerprint density at radius 2 is 1.43 bits per heavy atom. The summed E-state index contributed by atoms with van der Waals surface area (Å²) >= 11 is 4.35. The molecule has 0 aliphatic carbocycles. The van der Waals surface area contributed by atoms with Crippen LogP contribution in [0.3, 0.4) is 0 Å². The van der Waals surface area contributed by atoms with Gasteiger partial charge >= 0.3 is 253 Å². The standard InChI is InChI=1S/C32H33BrF3N2O3P/c1-2-20-41-31(40)38-22-24(28(23-38)32(34,35)36)21-37-19-18-29(30(37)39)42(33,25-12-6-3-7-13-25,26-14-8-4-9-15-26)27-16-10-5-11-17-27/h2-17,24,28-29H,1,18-23H2/t24?,28?,29-/m0/s1. The second kappa shape index (κ2) is 11.8. The van der Waals surface area contributed by atoms with E-state index >= 15 is 0 Å². The number of rotatable bonds is 8. The molecule has 222 valence electrons. The van der Waals surface area contributed by atoms with Crippen LogP contribution >= 0.6 is 20.8 Å². The van der Waals surface area contributed by atoms with Crippen molar-refractivity contribution in [1.82, 2.24) is 9.80 Å². The topological polar surface area (TPSA) is 49.9 Å². The first-order valence-corrected chi connectivity index (χ1v) is 18.2. The zero-order valence-corrected chi connectivity index (χ0v) is 25.5. The van der Waals surface area contributed by atoms with Crippen LogP contribution < -0.4 is 15.9 Å². The second-order valence-electron chi connectivity index (χ2n) is 10.8. The van der Waals surface area contributed by atoms with E-state index in [1.54, 1.807) is 4.90 Å². The van der Waals surface area contributed by atoms with Gasteiger partial charge in [-0.2, -0.15) is 0 Å². The van der Waals surface area contributed by atoms with Gasteiger partial charge in [0.15, 0.2) is 0 Å². The molecular weight excluding hydrogens is 628 g/mol. The van der Waals surface area contributed by atoms with Gasteiger partial charge in [-0.25, -0.2) is 0 Å². The molecule has 2 heterocycles. The molecule has 2 fully saturated rings. The zero-order chi connectivity index (χ0) is 30.0. The molecule has 3 aromatic rings. The summed E-state index contributed by atoms with van der Waals surface area (Å²) in [6.45, 7) is 2.99. The van der Waals surface area contributed by atoms with Gasteiger partial charge < -0.3 is 0 Å². The Hall–Kier alpha value is -3.16. The van der Waals surface area contributed by atoms with Crippen molar-refractivity contribution in [3.05, 3.63) is 104 Å². The van der Waals surface area contributed by atoms with E-state index in [0.717, 1.165) is 20.8 Å². The maximum atomic E-state index is 14.5. The number of nitrogens with zero attached hydrogens (tertiary/aromatic N) is 2. The molecule has 0 N–H and O–H groups in total. The molecule has 5 nitrogen and oxygen atoms in total. The molecule has 2 saturated heterocycles. The summed E-state index contributed by atoms with van der Waals surface area (Å²) in [6.07, 6.45) is -3.49. The number of alkyl halides is 3. The van der Waals surface area contributed by atoms with Crippen molar-refractivity contribution in [2.75, 3.05) is 32.8 Å². The molecule has 0 radical (unpaired) electrons. The summed E-state index contributed by atoms with van der Waals surface area (Å²) in [6, 6.07) is 29.7. The molecule has 0 saturated carbocycles. The monoisotopic (exact) mass is 660 g/mol. The average molecular weight is 661 g/mol. The number of carbonyl (C=O) groups excluding carboxylic acids is 2. The molecule has 10 heteroatoms. The van der Waals surface area contributed by atoms with Crippen LogP contribution in [-0.4, -0.2) is 66.4 Å². The van der Waals surface area contributed by atoms with Gasteiger partial charge in [-0.05, 0) is 0 Å². The quantitative estimate of drug-likeness (QED) is 0.225. The summed E-state index contributed by atoms with van der Waals surface area (Å²) in [7, 11) is 0. The van der Waals surface area contributed by atoms with E-state index in [-0.39, 0.29) is 25.6 Å². The van der Waals surface area contributed by atoms with Gasteiger partial charge in [-0.1, -0.05) is 0 Å². The predicted octanol–water partition coefficient (Wildman–Crippen LogP) is 5.86. The fourth-order valence-electron chi connectivity index (χ4n) is 6.58. The summed E-state index contributed by atoms with van der Waals surface area (Å²) < 4.78 is 47.5. The number of ether oxygens (including phenoxy) is 1. The van der Waals surface area contributed by atoms with Crippen molar-refractivity contribution in [2.45, 2.75) is 18.3 Å². The van der Waals surface area contributed by atoms with E-state index in [4.69, 9.17) is 4.74 Å². The molecule has 2 aliphatic rings. The molecule has 0 aromatic heterocycles. The van der Waals surface area contributed by atoms with Crippen molar-refractivity contribution in [2.24, 2.45) is 11.8 Å². The predicted molar refractivity (Wildman–Crippen MR) is 165 cm³/mol. The molecular formula is C32H33BrF3N2O3P. The molecule has 3 atom stereocenters.